The summed E-state index contributed by atoms with van der Waals surface area (Å²) < 4.78 is 5.54. The lowest BCUT2D eigenvalue weighted by atomic mass is 10.1. The number of furan rings is 1. The SMILES string of the molecule is CC(CC1CC1)NC(=O)c1cc2cc(N)ccc2o1. The van der Waals surface area contributed by atoms with E-state index in [1.54, 1.807) is 18.2 Å². The predicted molar refractivity (Wildman–Crippen MR) is 74.9 cm³/mol. The lowest BCUT2D eigenvalue weighted by molar-refractivity contribution is 0.0911. The topological polar surface area (TPSA) is 68.3 Å². The van der Waals surface area contributed by atoms with Crippen molar-refractivity contribution in [1.82, 2.24) is 5.32 Å². The molecule has 3 rings (SSSR count). The molecule has 1 aromatic heterocycles. The van der Waals surface area contributed by atoms with E-state index in [-0.39, 0.29) is 11.9 Å². The fraction of sp³-hybridized carbons (Fsp3) is 0.400. The molecule has 3 N–H and O–H groups in total. The molecule has 2 aromatic rings. The Morgan fingerprint density at radius 2 is 2.26 bits per heavy atom. The number of fused-ring (bicyclic) bond motifs is 1. The van der Waals surface area contributed by atoms with Gasteiger partial charge in [-0.05, 0) is 43.5 Å². The molecule has 0 aliphatic heterocycles. The summed E-state index contributed by atoms with van der Waals surface area (Å²) in [6.07, 6.45) is 3.65. The van der Waals surface area contributed by atoms with E-state index in [1.807, 2.05) is 13.0 Å². The monoisotopic (exact) mass is 258 g/mol. The molecule has 0 bridgehead atoms. The van der Waals surface area contributed by atoms with Gasteiger partial charge >= 0.3 is 0 Å². The van der Waals surface area contributed by atoms with Crippen molar-refractivity contribution in [2.24, 2.45) is 5.92 Å². The molecule has 1 aliphatic carbocycles. The molecule has 4 heteroatoms. The van der Waals surface area contributed by atoms with Gasteiger partial charge in [0.1, 0.15) is 5.58 Å². The van der Waals surface area contributed by atoms with Gasteiger partial charge in [-0.2, -0.15) is 0 Å². The fourth-order valence-corrected chi connectivity index (χ4v) is 2.38. The zero-order chi connectivity index (χ0) is 13.4. The summed E-state index contributed by atoms with van der Waals surface area (Å²) in [5.74, 6) is 0.997. The zero-order valence-electron chi connectivity index (χ0n) is 11.0. The molecule has 0 saturated heterocycles. The van der Waals surface area contributed by atoms with Gasteiger partial charge in [0.2, 0.25) is 0 Å². The maximum absolute atomic E-state index is 12.1. The van der Waals surface area contributed by atoms with Gasteiger partial charge in [-0.15, -0.1) is 0 Å². The van der Waals surface area contributed by atoms with Crippen LogP contribution in [0.1, 0.15) is 36.7 Å². The highest BCUT2D eigenvalue weighted by Gasteiger charge is 2.25. The first kappa shape index (κ1) is 12.1. The maximum Gasteiger partial charge on any atom is 0.287 e. The van der Waals surface area contributed by atoms with Gasteiger partial charge in [-0.25, -0.2) is 0 Å². The summed E-state index contributed by atoms with van der Waals surface area (Å²) in [6, 6.07) is 7.30. The van der Waals surface area contributed by atoms with Gasteiger partial charge < -0.3 is 15.5 Å². The molecule has 1 unspecified atom stereocenters. The molecule has 1 heterocycles. The number of rotatable bonds is 4. The molecular formula is C15H18N2O2. The molecule has 19 heavy (non-hydrogen) atoms. The van der Waals surface area contributed by atoms with Crippen molar-refractivity contribution in [3.63, 3.8) is 0 Å². The Labute approximate surface area is 112 Å². The number of nitrogen functional groups attached to an aromatic ring is 1. The highest BCUT2D eigenvalue weighted by molar-refractivity contribution is 5.96. The number of carbonyl (C=O) groups excluding carboxylic acids is 1. The first-order valence-corrected chi connectivity index (χ1v) is 6.72. The van der Waals surface area contributed by atoms with Gasteiger partial charge in [0.15, 0.2) is 5.76 Å². The third-order valence-corrected chi connectivity index (χ3v) is 3.53. The minimum atomic E-state index is -0.150. The Morgan fingerprint density at radius 1 is 1.47 bits per heavy atom. The number of nitrogens with two attached hydrogens (primary N) is 1. The standard InChI is InChI=1S/C15H18N2O2/c1-9(6-10-2-3-10)17-15(18)14-8-11-7-12(16)4-5-13(11)19-14/h4-5,7-10H,2-3,6,16H2,1H3,(H,17,18). The number of anilines is 1. The van der Waals surface area contributed by atoms with Crippen molar-refractivity contribution in [3.8, 4) is 0 Å². The summed E-state index contributed by atoms with van der Waals surface area (Å²) in [5.41, 5.74) is 7.07. The fourth-order valence-electron chi connectivity index (χ4n) is 2.38. The van der Waals surface area contributed by atoms with Crippen LogP contribution in [0.25, 0.3) is 11.0 Å². The highest BCUT2D eigenvalue weighted by Crippen LogP contribution is 2.33. The quantitative estimate of drug-likeness (QED) is 0.828. The molecule has 1 aromatic carbocycles. The van der Waals surface area contributed by atoms with Crippen LogP contribution in [-0.2, 0) is 0 Å². The highest BCUT2D eigenvalue weighted by atomic mass is 16.3. The number of hydrogen-bond donors (Lipinski definition) is 2. The van der Waals surface area contributed by atoms with Crippen LogP contribution >= 0.6 is 0 Å². The Kier molecular flexibility index (Phi) is 2.93. The van der Waals surface area contributed by atoms with Crippen LogP contribution in [0.5, 0.6) is 0 Å². The Morgan fingerprint density at radius 3 is 3.00 bits per heavy atom. The molecule has 1 saturated carbocycles. The van der Waals surface area contributed by atoms with Crippen LogP contribution in [0.3, 0.4) is 0 Å². The number of nitrogens with one attached hydrogen (secondary N) is 1. The van der Waals surface area contributed by atoms with E-state index in [1.165, 1.54) is 12.8 Å². The smallest absolute Gasteiger partial charge is 0.287 e. The average Bonchev–Trinajstić information content (AvgIpc) is 3.05. The summed E-state index contributed by atoms with van der Waals surface area (Å²) in [7, 11) is 0. The maximum atomic E-state index is 12.1. The first-order valence-electron chi connectivity index (χ1n) is 6.72. The van der Waals surface area contributed by atoms with Gasteiger partial charge in [-0.1, -0.05) is 12.8 Å². The largest absolute Gasteiger partial charge is 0.451 e. The molecule has 100 valence electrons. The van der Waals surface area contributed by atoms with Crippen molar-refractivity contribution in [2.75, 3.05) is 5.73 Å². The molecule has 1 atom stereocenters. The van der Waals surface area contributed by atoms with Gasteiger partial charge in [0, 0.05) is 17.1 Å². The van der Waals surface area contributed by atoms with Crippen molar-refractivity contribution < 1.29 is 9.21 Å². The minimum absolute atomic E-state index is 0.150. The molecule has 1 fully saturated rings. The van der Waals surface area contributed by atoms with Crippen molar-refractivity contribution in [1.29, 1.82) is 0 Å². The van der Waals surface area contributed by atoms with Crippen molar-refractivity contribution >= 4 is 22.6 Å². The zero-order valence-corrected chi connectivity index (χ0v) is 11.0. The summed E-state index contributed by atoms with van der Waals surface area (Å²) in [6.45, 7) is 2.04. The predicted octanol–water partition coefficient (Wildman–Crippen LogP) is 2.93. The summed E-state index contributed by atoms with van der Waals surface area (Å²) in [5, 5.41) is 3.84. The van der Waals surface area contributed by atoms with Crippen LogP contribution in [0.2, 0.25) is 0 Å². The molecule has 1 aliphatic rings. The van der Waals surface area contributed by atoms with E-state index in [9.17, 15) is 4.79 Å². The lowest BCUT2D eigenvalue weighted by Crippen LogP contribution is -2.32. The lowest BCUT2D eigenvalue weighted by Gasteiger charge is -2.11. The molecule has 1 amide bonds. The molecule has 0 spiro atoms. The van der Waals surface area contributed by atoms with Crippen molar-refractivity contribution in [2.45, 2.75) is 32.2 Å². The Bertz CT molecular complexity index is 614. The van der Waals surface area contributed by atoms with E-state index in [0.29, 0.717) is 17.0 Å². The normalized spacial score (nSPS) is 16.5. The summed E-state index contributed by atoms with van der Waals surface area (Å²) >= 11 is 0. The van der Waals surface area contributed by atoms with Crippen LogP contribution in [0.4, 0.5) is 5.69 Å². The first-order chi connectivity index (χ1) is 9.11. The van der Waals surface area contributed by atoms with Crippen LogP contribution < -0.4 is 11.1 Å². The van der Waals surface area contributed by atoms with Gasteiger partial charge in [0.25, 0.3) is 5.91 Å². The van der Waals surface area contributed by atoms with E-state index in [2.05, 4.69) is 5.32 Å². The molecular weight excluding hydrogens is 240 g/mol. The number of hydrogen-bond acceptors (Lipinski definition) is 3. The van der Waals surface area contributed by atoms with Gasteiger partial charge in [-0.3, -0.25) is 4.79 Å². The molecule has 4 nitrogen and oxygen atoms in total. The van der Waals surface area contributed by atoms with Gasteiger partial charge in [0.05, 0.1) is 0 Å². The van der Waals surface area contributed by atoms with Crippen molar-refractivity contribution in [3.05, 3.63) is 30.0 Å². The van der Waals surface area contributed by atoms with Crippen LogP contribution in [0.15, 0.2) is 28.7 Å². The van der Waals surface area contributed by atoms with Crippen LogP contribution in [0, 0.1) is 5.92 Å². The Balaban J connectivity index is 1.73. The molecule has 0 radical (unpaired) electrons. The Hall–Kier alpha value is -1.97. The average molecular weight is 258 g/mol. The second kappa shape index (κ2) is 4.61. The van der Waals surface area contributed by atoms with E-state index in [0.717, 1.165) is 17.7 Å². The van der Waals surface area contributed by atoms with E-state index >= 15 is 0 Å². The van der Waals surface area contributed by atoms with E-state index < -0.39 is 0 Å². The third kappa shape index (κ3) is 2.72. The number of carbonyl (C=O) groups is 1. The van der Waals surface area contributed by atoms with Crippen LogP contribution in [-0.4, -0.2) is 11.9 Å². The second-order valence-electron chi connectivity index (χ2n) is 5.46. The second-order valence-corrected chi connectivity index (χ2v) is 5.46. The summed E-state index contributed by atoms with van der Waals surface area (Å²) in [4.78, 5) is 12.1. The van der Waals surface area contributed by atoms with E-state index in [4.69, 9.17) is 10.2 Å². The number of benzene rings is 1. The third-order valence-electron chi connectivity index (χ3n) is 3.53. The minimum Gasteiger partial charge on any atom is -0.451 e. The number of amides is 1.